The predicted molar refractivity (Wildman–Crippen MR) is 78.4 cm³/mol. The summed E-state index contributed by atoms with van der Waals surface area (Å²) in [6, 6.07) is 10.7. The number of nitrogens with one attached hydrogen (secondary N) is 1. The highest BCUT2D eigenvalue weighted by Crippen LogP contribution is 2.32. The summed E-state index contributed by atoms with van der Waals surface area (Å²) in [4.78, 5) is 12.1. The van der Waals surface area contributed by atoms with E-state index in [0.717, 1.165) is 12.1 Å². The summed E-state index contributed by atoms with van der Waals surface area (Å²) in [6.45, 7) is -0.00260. The molecule has 0 heterocycles. The van der Waals surface area contributed by atoms with Gasteiger partial charge >= 0.3 is 6.18 Å². The van der Waals surface area contributed by atoms with Crippen molar-refractivity contribution in [2.24, 2.45) is 0 Å². The third-order valence-electron chi connectivity index (χ3n) is 2.95. The van der Waals surface area contributed by atoms with Crippen LogP contribution in [0.15, 0.2) is 48.5 Å². The largest absolute Gasteiger partial charge is 0.491 e. The normalized spacial score (nSPS) is 11.1. The van der Waals surface area contributed by atoms with Crippen molar-refractivity contribution in [1.29, 1.82) is 0 Å². The average Bonchev–Trinajstić information content (AvgIpc) is 2.53. The molecule has 0 aromatic heterocycles. The first-order valence-corrected chi connectivity index (χ1v) is 6.73. The lowest BCUT2D eigenvalue weighted by Gasteiger charge is -2.13. The van der Waals surface area contributed by atoms with Crippen molar-refractivity contribution >= 4 is 11.6 Å². The Bertz CT molecular complexity index is 669. The van der Waals surface area contributed by atoms with Crippen LogP contribution in [0.25, 0.3) is 0 Å². The fourth-order valence-electron chi connectivity index (χ4n) is 1.92. The maximum atomic E-state index is 12.9. The Labute approximate surface area is 130 Å². The Morgan fingerprint density at radius 3 is 2.35 bits per heavy atom. The van der Waals surface area contributed by atoms with E-state index in [0.29, 0.717) is 11.4 Å². The van der Waals surface area contributed by atoms with Crippen LogP contribution in [0.5, 0.6) is 5.75 Å². The minimum atomic E-state index is -4.60. The molecule has 23 heavy (non-hydrogen) atoms. The number of rotatable bonds is 5. The predicted octanol–water partition coefficient (Wildman–Crippen LogP) is 3.33. The lowest BCUT2D eigenvalue weighted by atomic mass is 10.1. The van der Waals surface area contributed by atoms with E-state index in [1.54, 1.807) is 12.1 Å². The number of carbonyl (C=O) groups is 1. The molecule has 0 saturated carbocycles. The fraction of sp³-hybridized carbons (Fsp3) is 0.188. The Morgan fingerprint density at radius 2 is 1.74 bits per heavy atom. The lowest BCUT2D eigenvalue weighted by molar-refractivity contribution is -0.137. The molecule has 0 saturated heterocycles. The zero-order chi connectivity index (χ0) is 16.9. The molecule has 0 radical (unpaired) electrons. The van der Waals surface area contributed by atoms with Crippen molar-refractivity contribution in [3.63, 3.8) is 0 Å². The second-order valence-corrected chi connectivity index (χ2v) is 4.59. The molecule has 2 aromatic carbocycles. The molecule has 0 aliphatic heterocycles. The molecule has 7 heteroatoms. The van der Waals surface area contributed by atoms with Gasteiger partial charge in [0.1, 0.15) is 12.4 Å². The van der Waals surface area contributed by atoms with Crippen molar-refractivity contribution in [2.45, 2.75) is 6.18 Å². The van der Waals surface area contributed by atoms with Gasteiger partial charge in [-0.25, -0.2) is 0 Å². The van der Waals surface area contributed by atoms with Crippen LogP contribution in [0.2, 0.25) is 0 Å². The first kappa shape index (κ1) is 16.8. The summed E-state index contributed by atoms with van der Waals surface area (Å²) in [5, 5.41) is 11.1. The van der Waals surface area contributed by atoms with Gasteiger partial charge in [0.2, 0.25) is 0 Å². The molecule has 0 bridgehead atoms. The van der Waals surface area contributed by atoms with E-state index in [9.17, 15) is 18.0 Å². The Kier molecular flexibility index (Phi) is 5.23. The van der Waals surface area contributed by atoms with E-state index < -0.39 is 23.2 Å². The SMILES string of the molecule is O=C(Nc1ccc(OCCO)cc1)c1ccccc1C(F)(F)F. The highest BCUT2D eigenvalue weighted by Gasteiger charge is 2.34. The van der Waals surface area contributed by atoms with Crippen LogP contribution in [0.3, 0.4) is 0 Å². The van der Waals surface area contributed by atoms with Gasteiger partial charge in [0.15, 0.2) is 0 Å². The van der Waals surface area contributed by atoms with Crippen molar-refractivity contribution in [2.75, 3.05) is 18.5 Å². The van der Waals surface area contributed by atoms with Crippen LogP contribution in [0, 0.1) is 0 Å². The summed E-state index contributed by atoms with van der Waals surface area (Å²) in [7, 11) is 0. The van der Waals surface area contributed by atoms with Crippen LogP contribution in [0.1, 0.15) is 15.9 Å². The van der Waals surface area contributed by atoms with E-state index >= 15 is 0 Å². The third kappa shape index (κ3) is 4.46. The van der Waals surface area contributed by atoms with Crippen molar-refractivity contribution in [3.8, 4) is 5.75 Å². The number of benzene rings is 2. The number of hydrogen-bond acceptors (Lipinski definition) is 3. The van der Waals surface area contributed by atoms with Crippen molar-refractivity contribution < 1.29 is 27.8 Å². The van der Waals surface area contributed by atoms with Gasteiger partial charge in [0.05, 0.1) is 17.7 Å². The maximum Gasteiger partial charge on any atom is 0.417 e. The summed E-state index contributed by atoms with van der Waals surface area (Å²) >= 11 is 0. The number of aliphatic hydroxyl groups is 1. The summed E-state index contributed by atoms with van der Waals surface area (Å²) in [5.74, 6) is -0.366. The number of alkyl halides is 3. The molecular formula is C16H14F3NO3. The second-order valence-electron chi connectivity index (χ2n) is 4.59. The topological polar surface area (TPSA) is 58.6 Å². The van der Waals surface area contributed by atoms with Crippen LogP contribution >= 0.6 is 0 Å². The summed E-state index contributed by atoms with van der Waals surface area (Å²) in [5.41, 5.74) is -1.09. The average molecular weight is 325 g/mol. The van der Waals surface area contributed by atoms with Gasteiger partial charge in [-0.3, -0.25) is 4.79 Å². The maximum absolute atomic E-state index is 12.9. The molecule has 2 aromatic rings. The number of amides is 1. The highest BCUT2D eigenvalue weighted by atomic mass is 19.4. The van der Waals surface area contributed by atoms with Crippen molar-refractivity contribution in [1.82, 2.24) is 0 Å². The number of aliphatic hydroxyl groups excluding tert-OH is 1. The smallest absolute Gasteiger partial charge is 0.417 e. The molecule has 2 N–H and O–H groups in total. The molecule has 122 valence electrons. The minimum Gasteiger partial charge on any atom is -0.491 e. The molecule has 4 nitrogen and oxygen atoms in total. The van der Waals surface area contributed by atoms with Crippen LogP contribution in [-0.2, 0) is 6.18 Å². The monoisotopic (exact) mass is 325 g/mol. The van der Waals surface area contributed by atoms with E-state index in [-0.39, 0.29) is 13.2 Å². The Balaban J connectivity index is 2.14. The van der Waals surface area contributed by atoms with Crippen LogP contribution in [-0.4, -0.2) is 24.2 Å². The minimum absolute atomic E-state index is 0.130. The molecule has 0 aliphatic rings. The van der Waals surface area contributed by atoms with Gasteiger partial charge in [0, 0.05) is 5.69 Å². The second kappa shape index (κ2) is 7.15. The lowest BCUT2D eigenvalue weighted by Crippen LogP contribution is -2.18. The standard InChI is InChI=1S/C16H14F3NO3/c17-16(18,19)14-4-2-1-3-13(14)15(22)20-11-5-7-12(8-6-11)23-10-9-21/h1-8,21H,9-10H2,(H,20,22). The van der Waals surface area contributed by atoms with E-state index in [1.165, 1.54) is 24.3 Å². The Morgan fingerprint density at radius 1 is 1.09 bits per heavy atom. The highest BCUT2D eigenvalue weighted by molar-refractivity contribution is 6.05. The van der Waals surface area contributed by atoms with Gasteiger partial charge in [-0.2, -0.15) is 13.2 Å². The molecule has 0 atom stereocenters. The number of halogens is 3. The molecule has 0 fully saturated rings. The fourth-order valence-corrected chi connectivity index (χ4v) is 1.92. The molecule has 2 rings (SSSR count). The van der Waals surface area contributed by atoms with Crippen LogP contribution in [0.4, 0.5) is 18.9 Å². The van der Waals surface area contributed by atoms with Crippen LogP contribution < -0.4 is 10.1 Å². The zero-order valence-electron chi connectivity index (χ0n) is 11.9. The molecule has 0 spiro atoms. The number of ether oxygens (including phenoxy) is 1. The van der Waals surface area contributed by atoms with Gasteiger partial charge < -0.3 is 15.2 Å². The quantitative estimate of drug-likeness (QED) is 0.886. The van der Waals surface area contributed by atoms with E-state index in [1.807, 2.05) is 0 Å². The number of hydrogen-bond donors (Lipinski definition) is 2. The zero-order valence-corrected chi connectivity index (χ0v) is 11.9. The third-order valence-corrected chi connectivity index (χ3v) is 2.95. The van der Waals surface area contributed by atoms with Gasteiger partial charge in [0.25, 0.3) is 5.91 Å². The first-order valence-electron chi connectivity index (χ1n) is 6.73. The summed E-state index contributed by atoms with van der Waals surface area (Å²) in [6.07, 6.45) is -4.60. The van der Waals surface area contributed by atoms with Gasteiger partial charge in [-0.15, -0.1) is 0 Å². The van der Waals surface area contributed by atoms with Crippen molar-refractivity contribution in [3.05, 3.63) is 59.7 Å². The molecular weight excluding hydrogens is 311 g/mol. The molecule has 0 unspecified atom stereocenters. The summed E-state index contributed by atoms with van der Waals surface area (Å²) < 4.78 is 43.9. The van der Waals surface area contributed by atoms with Gasteiger partial charge in [-0.05, 0) is 36.4 Å². The molecule has 1 amide bonds. The van der Waals surface area contributed by atoms with E-state index in [4.69, 9.17) is 9.84 Å². The first-order chi connectivity index (χ1) is 10.9. The van der Waals surface area contributed by atoms with E-state index in [2.05, 4.69) is 5.32 Å². The van der Waals surface area contributed by atoms with Gasteiger partial charge in [-0.1, -0.05) is 12.1 Å². The number of carbonyl (C=O) groups excluding carboxylic acids is 1. The Hall–Kier alpha value is -2.54. The number of anilines is 1. The molecule has 0 aliphatic carbocycles.